The molecule has 15 heavy (non-hydrogen) atoms. The summed E-state index contributed by atoms with van der Waals surface area (Å²) in [5.74, 6) is 1.49. The maximum Gasteiger partial charge on any atom is 0.171 e. The van der Waals surface area contributed by atoms with E-state index in [0.717, 1.165) is 5.82 Å². The largest absolute Gasteiger partial charge is 0.360 e. The second kappa shape index (κ2) is 4.27. The minimum Gasteiger partial charge on any atom is -0.360 e. The third-order valence-electron chi connectivity index (χ3n) is 1.99. The van der Waals surface area contributed by atoms with Crippen molar-refractivity contribution in [2.24, 2.45) is 7.05 Å². The highest BCUT2D eigenvalue weighted by Gasteiger charge is 2.03. The Hall–Kier alpha value is -1.62. The van der Waals surface area contributed by atoms with Gasteiger partial charge in [-0.25, -0.2) is 15.0 Å². The monoisotopic (exact) mass is 223 g/mol. The number of anilines is 1. The van der Waals surface area contributed by atoms with E-state index in [0.29, 0.717) is 17.5 Å². The Morgan fingerprint density at radius 2 is 2.07 bits per heavy atom. The van der Waals surface area contributed by atoms with Crippen molar-refractivity contribution in [3.8, 4) is 0 Å². The number of nitrogens with zero attached hydrogens (tertiary/aromatic N) is 4. The predicted octanol–water partition coefficient (Wildman–Crippen LogP) is 1.48. The van der Waals surface area contributed by atoms with Gasteiger partial charge in [0.05, 0.1) is 6.54 Å². The number of imidazole rings is 1. The summed E-state index contributed by atoms with van der Waals surface area (Å²) < 4.78 is 1.93. The summed E-state index contributed by atoms with van der Waals surface area (Å²) in [6, 6.07) is 0. The number of aryl methyl sites for hydroxylation is 1. The quantitative estimate of drug-likeness (QED) is 0.856. The van der Waals surface area contributed by atoms with Crippen molar-refractivity contribution in [3.05, 3.63) is 35.8 Å². The van der Waals surface area contributed by atoms with Gasteiger partial charge in [0.1, 0.15) is 5.82 Å². The smallest absolute Gasteiger partial charge is 0.171 e. The molecule has 0 aliphatic heterocycles. The molecule has 0 aromatic carbocycles. The molecule has 0 unspecified atom stereocenters. The Morgan fingerprint density at radius 1 is 1.27 bits per heavy atom. The molecule has 78 valence electrons. The highest BCUT2D eigenvalue weighted by Crippen LogP contribution is 2.14. The van der Waals surface area contributed by atoms with Crippen molar-refractivity contribution in [1.29, 1.82) is 0 Å². The van der Waals surface area contributed by atoms with Crippen molar-refractivity contribution in [2.45, 2.75) is 6.54 Å². The molecule has 0 saturated heterocycles. The van der Waals surface area contributed by atoms with Gasteiger partial charge in [-0.3, -0.25) is 0 Å². The van der Waals surface area contributed by atoms with E-state index in [1.165, 1.54) is 0 Å². The first-order valence-corrected chi connectivity index (χ1v) is 4.82. The molecule has 6 heteroatoms. The van der Waals surface area contributed by atoms with Crippen molar-refractivity contribution in [1.82, 2.24) is 19.5 Å². The van der Waals surface area contributed by atoms with Crippen LogP contribution < -0.4 is 5.32 Å². The molecule has 0 fully saturated rings. The summed E-state index contributed by atoms with van der Waals surface area (Å²) in [6.07, 6.45) is 6.77. The molecule has 2 rings (SSSR count). The standard InChI is InChI=1S/C9H10ClN5/c1-15-5-4-11-7(15)6-14-9-8(10)12-2-3-13-9/h2-5H,6H2,1H3,(H,13,14). The van der Waals surface area contributed by atoms with Crippen LogP contribution in [0, 0.1) is 0 Å². The molecule has 1 N–H and O–H groups in total. The number of nitrogens with one attached hydrogen (secondary N) is 1. The van der Waals surface area contributed by atoms with Crippen LogP contribution in [0.25, 0.3) is 0 Å². The first-order valence-electron chi connectivity index (χ1n) is 4.44. The van der Waals surface area contributed by atoms with Crippen molar-refractivity contribution >= 4 is 17.4 Å². The summed E-state index contributed by atoms with van der Waals surface area (Å²) >= 11 is 5.84. The maximum atomic E-state index is 5.84. The Balaban J connectivity index is 2.06. The van der Waals surface area contributed by atoms with Crippen LogP contribution in [0.15, 0.2) is 24.8 Å². The van der Waals surface area contributed by atoms with Gasteiger partial charge in [0.2, 0.25) is 0 Å². The van der Waals surface area contributed by atoms with E-state index in [1.54, 1.807) is 18.6 Å². The van der Waals surface area contributed by atoms with E-state index in [1.807, 2.05) is 17.8 Å². The number of rotatable bonds is 3. The lowest BCUT2D eigenvalue weighted by Gasteiger charge is -2.05. The average Bonchev–Trinajstić information content (AvgIpc) is 2.63. The Bertz CT molecular complexity index is 453. The predicted molar refractivity (Wildman–Crippen MR) is 57.6 cm³/mol. The number of hydrogen-bond donors (Lipinski definition) is 1. The average molecular weight is 224 g/mol. The van der Waals surface area contributed by atoms with Crippen LogP contribution in [0.5, 0.6) is 0 Å². The lowest BCUT2D eigenvalue weighted by molar-refractivity contribution is 0.810. The first kappa shape index (κ1) is 9.92. The molecule has 0 atom stereocenters. The highest BCUT2D eigenvalue weighted by molar-refractivity contribution is 6.31. The summed E-state index contributed by atoms with van der Waals surface area (Å²) in [5, 5.41) is 3.43. The second-order valence-corrected chi connectivity index (χ2v) is 3.36. The number of hydrogen-bond acceptors (Lipinski definition) is 4. The summed E-state index contributed by atoms with van der Waals surface area (Å²) in [5.41, 5.74) is 0. The first-order chi connectivity index (χ1) is 7.27. The molecular weight excluding hydrogens is 214 g/mol. The van der Waals surface area contributed by atoms with Crippen LogP contribution in [-0.2, 0) is 13.6 Å². The SMILES string of the molecule is Cn1ccnc1CNc1nccnc1Cl. The van der Waals surface area contributed by atoms with Crippen LogP contribution >= 0.6 is 11.6 Å². The summed E-state index contributed by atoms with van der Waals surface area (Å²) in [6.45, 7) is 0.571. The van der Waals surface area contributed by atoms with Crippen LogP contribution in [0.2, 0.25) is 5.15 Å². The van der Waals surface area contributed by atoms with Crippen LogP contribution in [0.1, 0.15) is 5.82 Å². The van der Waals surface area contributed by atoms with Gasteiger partial charge in [-0.15, -0.1) is 0 Å². The van der Waals surface area contributed by atoms with Crippen LogP contribution in [0.3, 0.4) is 0 Å². The van der Waals surface area contributed by atoms with E-state index >= 15 is 0 Å². The molecule has 0 aliphatic carbocycles. The second-order valence-electron chi connectivity index (χ2n) is 3.00. The van der Waals surface area contributed by atoms with E-state index in [-0.39, 0.29) is 0 Å². The van der Waals surface area contributed by atoms with Gasteiger partial charge in [0, 0.05) is 31.8 Å². The minimum atomic E-state index is 0.367. The Labute approximate surface area is 92.1 Å². The van der Waals surface area contributed by atoms with Gasteiger partial charge in [-0.2, -0.15) is 0 Å². The van der Waals surface area contributed by atoms with Gasteiger partial charge >= 0.3 is 0 Å². The molecule has 0 radical (unpaired) electrons. The van der Waals surface area contributed by atoms with Crippen molar-refractivity contribution in [2.75, 3.05) is 5.32 Å². The Morgan fingerprint density at radius 3 is 2.73 bits per heavy atom. The molecule has 0 amide bonds. The molecule has 0 aliphatic rings. The fourth-order valence-electron chi connectivity index (χ4n) is 1.17. The summed E-state index contributed by atoms with van der Waals surface area (Å²) in [4.78, 5) is 12.1. The van der Waals surface area contributed by atoms with Crippen LogP contribution in [0.4, 0.5) is 5.82 Å². The zero-order chi connectivity index (χ0) is 10.7. The van der Waals surface area contributed by atoms with Gasteiger partial charge in [-0.05, 0) is 0 Å². The molecule has 2 aromatic rings. The zero-order valence-corrected chi connectivity index (χ0v) is 8.94. The molecule has 0 spiro atoms. The Kier molecular flexibility index (Phi) is 2.82. The molecule has 2 aromatic heterocycles. The van der Waals surface area contributed by atoms with Gasteiger partial charge in [0.25, 0.3) is 0 Å². The molecule has 0 saturated carbocycles. The maximum absolute atomic E-state index is 5.84. The lowest BCUT2D eigenvalue weighted by atomic mass is 10.5. The van der Waals surface area contributed by atoms with Gasteiger partial charge in [0.15, 0.2) is 11.0 Å². The highest BCUT2D eigenvalue weighted by atomic mass is 35.5. The van der Waals surface area contributed by atoms with Crippen molar-refractivity contribution in [3.63, 3.8) is 0 Å². The number of aromatic nitrogens is 4. The fourth-order valence-corrected chi connectivity index (χ4v) is 1.34. The lowest BCUT2D eigenvalue weighted by Crippen LogP contribution is -2.07. The third-order valence-corrected chi connectivity index (χ3v) is 2.27. The fraction of sp³-hybridized carbons (Fsp3) is 0.222. The zero-order valence-electron chi connectivity index (χ0n) is 8.18. The van der Waals surface area contributed by atoms with E-state index < -0.39 is 0 Å². The van der Waals surface area contributed by atoms with E-state index in [4.69, 9.17) is 11.6 Å². The molecule has 0 bridgehead atoms. The van der Waals surface area contributed by atoms with Crippen LogP contribution in [-0.4, -0.2) is 19.5 Å². The minimum absolute atomic E-state index is 0.367. The van der Waals surface area contributed by atoms with Gasteiger partial charge in [-0.1, -0.05) is 11.6 Å². The number of halogens is 1. The molecule has 5 nitrogen and oxygen atoms in total. The normalized spacial score (nSPS) is 10.3. The summed E-state index contributed by atoms with van der Waals surface area (Å²) in [7, 11) is 1.93. The van der Waals surface area contributed by atoms with Gasteiger partial charge < -0.3 is 9.88 Å². The topological polar surface area (TPSA) is 55.6 Å². The van der Waals surface area contributed by atoms with Crippen molar-refractivity contribution < 1.29 is 0 Å². The third kappa shape index (κ3) is 2.24. The molecule has 2 heterocycles. The molecular formula is C9H10ClN5. The van der Waals surface area contributed by atoms with E-state index in [2.05, 4.69) is 20.3 Å². The van der Waals surface area contributed by atoms with E-state index in [9.17, 15) is 0 Å².